The Morgan fingerprint density at radius 1 is 1.08 bits per heavy atom. The Hall–Kier alpha value is -3.82. The summed E-state index contributed by atoms with van der Waals surface area (Å²) in [7, 11) is 1.94. The molecule has 2 aromatic carbocycles. The molecule has 2 aliphatic rings. The molecule has 0 radical (unpaired) electrons. The van der Waals surface area contributed by atoms with Crippen molar-refractivity contribution in [3.05, 3.63) is 77.9 Å². The fourth-order valence-corrected chi connectivity index (χ4v) is 5.28. The number of fused-ring (bicyclic) bond motifs is 1. The number of carbonyl (C=O) groups is 1. The Balaban J connectivity index is 1.25. The third-order valence-electron chi connectivity index (χ3n) is 7.57. The van der Waals surface area contributed by atoms with Crippen LogP contribution >= 0.6 is 0 Å². The Morgan fingerprint density at radius 3 is 2.58 bits per heavy atom. The van der Waals surface area contributed by atoms with E-state index in [1.165, 1.54) is 11.6 Å². The highest BCUT2D eigenvalue weighted by molar-refractivity contribution is 5.95. The van der Waals surface area contributed by atoms with Gasteiger partial charge in [-0.25, -0.2) is 9.37 Å². The molecular formula is C29H31FN6O2. The number of nitrogens with zero attached hydrogens (tertiary/aromatic N) is 5. The van der Waals surface area contributed by atoms with E-state index in [1.807, 2.05) is 28.8 Å². The standard InChI is InChI=1S/C29H31FN6O2/c1-34(23-4-2-20(3-5-23)21-8-11-31-12-9-21)29-32-19-22-10-13-36(27(22)33-29)24-6-7-25(26(30)18-24)28(37)35-14-16-38-17-15-35/h2-7,10,13,18-19,21,31H,8-9,11-12,14-17H2,1H3. The molecule has 2 aromatic heterocycles. The van der Waals surface area contributed by atoms with Gasteiger partial charge < -0.3 is 24.4 Å². The first-order chi connectivity index (χ1) is 18.6. The van der Waals surface area contributed by atoms with Gasteiger partial charge in [-0.15, -0.1) is 0 Å². The molecule has 1 N–H and O–H groups in total. The summed E-state index contributed by atoms with van der Waals surface area (Å²) in [6.45, 7) is 4.01. The molecule has 0 atom stereocenters. The van der Waals surface area contributed by atoms with Gasteiger partial charge in [0.1, 0.15) is 11.5 Å². The zero-order chi connectivity index (χ0) is 26.1. The summed E-state index contributed by atoms with van der Waals surface area (Å²) in [4.78, 5) is 25.8. The molecule has 2 fully saturated rings. The van der Waals surface area contributed by atoms with Gasteiger partial charge in [0.05, 0.1) is 18.8 Å². The number of aromatic nitrogens is 3. The number of hydrogen-bond donors (Lipinski definition) is 1. The van der Waals surface area contributed by atoms with E-state index in [4.69, 9.17) is 9.72 Å². The molecule has 8 nitrogen and oxygen atoms in total. The highest BCUT2D eigenvalue weighted by atomic mass is 19.1. The van der Waals surface area contributed by atoms with Crippen molar-refractivity contribution in [2.24, 2.45) is 0 Å². The molecule has 0 spiro atoms. The van der Waals surface area contributed by atoms with Crippen molar-refractivity contribution in [2.75, 3.05) is 51.3 Å². The predicted molar refractivity (Wildman–Crippen MR) is 145 cm³/mol. The molecule has 196 valence electrons. The Labute approximate surface area is 221 Å². The summed E-state index contributed by atoms with van der Waals surface area (Å²) < 4.78 is 22.2. The minimum atomic E-state index is -0.555. The number of ether oxygens (including phenoxy) is 1. The molecule has 2 saturated heterocycles. The van der Waals surface area contributed by atoms with E-state index in [2.05, 4.69) is 34.6 Å². The SMILES string of the molecule is CN(c1ccc(C2CCNCC2)cc1)c1ncc2ccn(-c3ccc(C(=O)N4CCOCC4)c(F)c3)c2n1. The van der Waals surface area contributed by atoms with Gasteiger partial charge >= 0.3 is 0 Å². The highest BCUT2D eigenvalue weighted by Gasteiger charge is 2.22. The maximum Gasteiger partial charge on any atom is 0.256 e. The second kappa shape index (κ2) is 10.5. The van der Waals surface area contributed by atoms with Gasteiger partial charge in [0, 0.05) is 49.3 Å². The molecular weight excluding hydrogens is 483 g/mol. The van der Waals surface area contributed by atoms with Gasteiger partial charge in [0.15, 0.2) is 0 Å². The van der Waals surface area contributed by atoms with E-state index in [-0.39, 0.29) is 11.5 Å². The molecule has 0 aliphatic carbocycles. The lowest BCUT2D eigenvalue weighted by molar-refractivity contribution is 0.0300. The quantitative estimate of drug-likeness (QED) is 0.429. The molecule has 2 aliphatic heterocycles. The van der Waals surface area contributed by atoms with Crippen molar-refractivity contribution in [3.8, 4) is 5.69 Å². The number of carbonyl (C=O) groups excluding carboxylic acids is 1. The van der Waals surface area contributed by atoms with Gasteiger partial charge in [-0.05, 0) is 73.8 Å². The summed E-state index contributed by atoms with van der Waals surface area (Å²) in [6.07, 6.45) is 5.94. The van der Waals surface area contributed by atoms with Crippen LogP contribution in [0.25, 0.3) is 16.7 Å². The van der Waals surface area contributed by atoms with Crippen LogP contribution in [0.1, 0.15) is 34.7 Å². The number of nitrogens with one attached hydrogen (secondary N) is 1. The predicted octanol–water partition coefficient (Wildman–Crippen LogP) is 4.27. The molecule has 4 aromatic rings. The van der Waals surface area contributed by atoms with Gasteiger partial charge in [0.25, 0.3) is 5.91 Å². The van der Waals surface area contributed by atoms with Crippen molar-refractivity contribution in [1.29, 1.82) is 0 Å². The van der Waals surface area contributed by atoms with E-state index >= 15 is 4.39 Å². The normalized spacial score (nSPS) is 16.6. The van der Waals surface area contributed by atoms with Crippen molar-refractivity contribution in [2.45, 2.75) is 18.8 Å². The number of anilines is 2. The fourth-order valence-electron chi connectivity index (χ4n) is 5.28. The number of amides is 1. The van der Waals surface area contributed by atoms with E-state index in [1.54, 1.807) is 23.2 Å². The Kier molecular flexibility index (Phi) is 6.78. The van der Waals surface area contributed by atoms with E-state index in [0.717, 1.165) is 37.0 Å². The smallest absolute Gasteiger partial charge is 0.256 e. The van der Waals surface area contributed by atoms with Crippen LogP contribution in [-0.4, -0.2) is 71.8 Å². The van der Waals surface area contributed by atoms with E-state index in [9.17, 15) is 4.79 Å². The minimum Gasteiger partial charge on any atom is -0.378 e. The average molecular weight is 515 g/mol. The monoisotopic (exact) mass is 514 g/mol. The number of hydrogen-bond acceptors (Lipinski definition) is 6. The summed E-state index contributed by atoms with van der Waals surface area (Å²) in [5.74, 6) is 0.280. The minimum absolute atomic E-state index is 0.0649. The van der Waals surface area contributed by atoms with Gasteiger partial charge in [-0.2, -0.15) is 4.98 Å². The first kappa shape index (κ1) is 24.5. The zero-order valence-electron chi connectivity index (χ0n) is 21.4. The van der Waals surface area contributed by atoms with Crippen LogP contribution in [0.15, 0.2) is 60.9 Å². The van der Waals surface area contributed by atoms with Crippen LogP contribution in [0.4, 0.5) is 16.0 Å². The van der Waals surface area contributed by atoms with Crippen LogP contribution in [0, 0.1) is 5.82 Å². The van der Waals surface area contributed by atoms with Crippen LogP contribution in [0.3, 0.4) is 0 Å². The average Bonchev–Trinajstić information content (AvgIpc) is 3.41. The summed E-state index contributed by atoms with van der Waals surface area (Å²) in [5, 5.41) is 4.26. The van der Waals surface area contributed by atoms with Gasteiger partial charge in [-0.3, -0.25) is 4.79 Å². The van der Waals surface area contributed by atoms with Crippen molar-refractivity contribution < 1.29 is 13.9 Å². The molecule has 0 saturated carbocycles. The Morgan fingerprint density at radius 2 is 1.84 bits per heavy atom. The fraction of sp³-hybridized carbons (Fsp3) is 0.345. The van der Waals surface area contributed by atoms with Crippen LogP contribution in [0.5, 0.6) is 0 Å². The van der Waals surface area contributed by atoms with Crippen molar-refractivity contribution >= 4 is 28.6 Å². The number of rotatable bonds is 5. The number of halogens is 1. The summed E-state index contributed by atoms with van der Waals surface area (Å²) in [6, 6.07) is 15.2. The van der Waals surface area contributed by atoms with Gasteiger partial charge in [-0.1, -0.05) is 12.1 Å². The third-order valence-corrected chi connectivity index (χ3v) is 7.57. The second-order valence-electron chi connectivity index (χ2n) is 9.88. The lowest BCUT2D eigenvalue weighted by Crippen LogP contribution is -2.41. The molecule has 38 heavy (non-hydrogen) atoms. The zero-order valence-corrected chi connectivity index (χ0v) is 21.4. The first-order valence-corrected chi connectivity index (χ1v) is 13.1. The maximum atomic E-state index is 15.1. The largest absolute Gasteiger partial charge is 0.378 e. The second-order valence-corrected chi connectivity index (χ2v) is 9.88. The van der Waals surface area contributed by atoms with Gasteiger partial charge in [0.2, 0.25) is 5.95 Å². The molecule has 9 heteroatoms. The molecule has 6 rings (SSSR count). The highest BCUT2D eigenvalue weighted by Crippen LogP contribution is 2.29. The summed E-state index contributed by atoms with van der Waals surface area (Å²) >= 11 is 0. The molecule has 0 bridgehead atoms. The first-order valence-electron chi connectivity index (χ1n) is 13.1. The summed E-state index contributed by atoms with van der Waals surface area (Å²) in [5.41, 5.74) is 3.69. The maximum absolute atomic E-state index is 15.1. The van der Waals surface area contributed by atoms with Crippen LogP contribution < -0.4 is 10.2 Å². The van der Waals surface area contributed by atoms with E-state index < -0.39 is 5.82 Å². The van der Waals surface area contributed by atoms with Crippen LogP contribution in [0.2, 0.25) is 0 Å². The number of morpholine rings is 1. The molecule has 4 heterocycles. The lowest BCUT2D eigenvalue weighted by Gasteiger charge is -2.27. The lowest BCUT2D eigenvalue weighted by atomic mass is 9.90. The van der Waals surface area contributed by atoms with Crippen molar-refractivity contribution in [1.82, 2.24) is 24.8 Å². The Bertz CT molecular complexity index is 1440. The topological polar surface area (TPSA) is 75.5 Å². The number of benzene rings is 2. The van der Waals surface area contributed by atoms with Crippen molar-refractivity contribution in [3.63, 3.8) is 0 Å². The number of piperidine rings is 1. The third kappa shape index (κ3) is 4.75. The molecule has 0 unspecified atom stereocenters. The molecule has 1 amide bonds. The van der Waals surface area contributed by atoms with E-state index in [0.29, 0.717) is 49.5 Å². The van der Waals surface area contributed by atoms with Crippen LogP contribution in [-0.2, 0) is 4.74 Å².